The molecule has 0 saturated heterocycles. The van der Waals surface area contributed by atoms with Gasteiger partial charge in [0.2, 0.25) is 11.6 Å². The van der Waals surface area contributed by atoms with E-state index in [2.05, 4.69) is 10.1 Å². The van der Waals surface area contributed by atoms with Crippen LogP contribution in [0.1, 0.15) is 5.56 Å². The zero-order valence-corrected chi connectivity index (χ0v) is 16.9. The highest BCUT2D eigenvalue weighted by Crippen LogP contribution is 2.32. The number of rotatable bonds is 4. The maximum absolute atomic E-state index is 14.5. The van der Waals surface area contributed by atoms with E-state index in [0.717, 1.165) is 5.56 Å². The first-order valence-electron chi connectivity index (χ1n) is 9.37. The zero-order valence-electron chi connectivity index (χ0n) is 16.0. The van der Waals surface area contributed by atoms with Gasteiger partial charge in [0.25, 0.3) is 0 Å². The normalized spacial score (nSPS) is 13.3. The van der Waals surface area contributed by atoms with E-state index in [1.807, 2.05) is 18.2 Å². The molecule has 31 heavy (non-hydrogen) atoms. The third kappa shape index (κ3) is 3.97. The molecule has 0 unspecified atom stereocenters. The van der Waals surface area contributed by atoms with Crippen molar-refractivity contribution in [2.45, 2.75) is 0 Å². The first-order chi connectivity index (χ1) is 15.2. The fourth-order valence-electron chi connectivity index (χ4n) is 3.09. The van der Waals surface area contributed by atoms with Gasteiger partial charge in [-0.15, -0.1) is 11.3 Å². The first kappa shape index (κ1) is 19.2. The van der Waals surface area contributed by atoms with E-state index in [0.29, 0.717) is 33.2 Å². The number of benzene rings is 3. The highest BCUT2D eigenvalue weighted by atomic mass is 32.1. The Labute approximate surface area is 180 Å². The lowest BCUT2D eigenvalue weighted by Crippen LogP contribution is -2.12. The van der Waals surface area contributed by atoms with Crippen LogP contribution in [0.3, 0.4) is 0 Å². The van der Waals surface area contributed by atoms with Crippen LogP contribution in [-0.2, 0) is 0 Å². The molecule has 5 nitrogen and oxygen atoms in total. The van der Waals surface area contributed by atoms with E-state index >= 15 is 0 Å². The van der Waals surface area contributed by atoms with Crippen molar-refractivity contribution in [3.05, 3.63) is 94.1 Å². The molecule has 0 bridgehead atoms. The van der Waals surface area contributed by atoms with Gasteiger partial charge in [-0.2, -0.15) is 5.10 Å². The predicted molar refractivity (Wildman–Crippen MR) is 115 cm³/mol. The first-order valence-corrected chi connectivity index (χ1v) is 10.2. The van der Waals surface area contributed by atoms with Crippen LogP contribution >= 0.6 is 11.3 Å². The minimum absolute atomic E-state index is 0.188. The zero-order chi connectivity index (χ0) is 21.2. The van der Waals surface area contributed by atoms with Crippen LogP contribution in [0.15, 0.2) is 82.2 Å². The summed E-state index contributed by atoms with van der Waals surface area (Å²) in [4.78, 5) is 5.08. The Kier molecular flexibility index (Phi) is 5.05. The van der Waals surface area contributed by atoms with Gasteiger partial charge in [0.15, 0.2) is 11.5 Å². The number of hydrogen-bond acceptors (Lipinski definition) is 5. The van der Waals surface area contributed by atoms with Gasteiger partial charge >= 0.3 is 0 Å². The SMILES string of the molecule is Fc1ccc(N=c2scc(-c3ccccc3F)n2N=Cc2ccc3c(c2)OCO3)cc1. The molecule has 0 N–H and O–H groups in total. The second kappa shape index (κ2) is 8.16. The predicted octanol–water partition coefficient (Wildman–Crippen LogP) is 5.34. The van der Waals surface area contributed by atoms with Gasteiger partial charge in [-0.25, -0.2) is 18.4 Å². The van der Waals surface area contributed by atoms with Gasteiger partial charge in [-0.05, 0) is 60.2 Å². The van der Waals surface area contributed by atoms with Crippen molar-refractivity contribution < 1.29 is 18.3 Å². The van der Waals surface area contributed by atoms with Crippen LogP contribution in [0.4, 0.5) is 14.5 Å². The molecule has 154 valence electrons. The van der Waals surface area contributed by atoms with Crippen molar-refractivity contribution in [2.24, 2.45) is 10.1 Å². The number of ether oxygens (including phenoxy) is 2. The van der Waals surface area contributed by atoms with Gasteiger partial charge in [-0.3, -0.25) is 0 Å². The van der Waals surface area contributed by atoms with Gasteiger partial charge in [0, 0.05) is 10.9 Å². The summed E-state index contributed by atoms with van der Waals surface area (Å²) in [5, 5.41) is 6.35. The number of hydrogen-bond donors (Lipinski definition) is 0. The number of aromatic nitrogens is 1. The monoisotopic (exact) mass is 435 g/mol. The molecule has 0 fully saturated rings. The Morgan fingerprint density at radius 1 is 0.935 bits per heavy atom. The summed E-state index contributed by atoms with van der Waals surface area (Å²) in [5.41, 5.74) is 2.31. The standard InChI is InChI=1S/C23H15F2N3O2S/c24-16-6-8-17(9-7-16)27-23-28(20(13-31-23)18-3-1-2-4-19(18)25)26-12-15-5-10-21-22(11-15)30-14-29-21/h1-13H,14H2. The quantitative estimate of drug-likeness (QED) is 0.407. The third-order valence-corrected chi connectivity index (χ3v) is 5.42. The fourth-order valence-corrected chi connectivity index (χ4v) is 3.93. The Balaban J connectivity index is 1.61. The van der Waals surface area contributed by atoms with Crippen LogP contribution in [0.5, 0.6) is 11.5 Å². The number of halogens is 2. The second-order valence-electron chi connectivity index (χ2n) is 6.64. The maximum atomic E-state index is 14.5. The molecule has 5 rings (SSSR count). The summed E-state index contributed by atoms with van der Waals surface area (Å²) in [6, 6.07) is 17.8. The van der Waals surface area contributed by atoms with Crippen LogP contribution < -0.4 is 14.3 Å². The Hall–Kier alpha value is -3.78. The molecule has 4 aromatic rings. The number of thiazole rings is 1. The lowest BCUT2D eigenvalue weighted by Gasteiger charge is -2.05. The lowest BCUT2D eigenvalue weighted by atomic mass is 10.1. The summed E-state index contributed by atoms with van der Waals surface area (Å²) in [6.07, 6.45) is 1.64. The lowest BCUT2D eigenvalue weighted by molar-refractivity contribution is 0.174. The van der Waals surface area contributed by atoms with Crippen molar-refractivity contribution in [1.29, 1.82) is 0 Å². The minimum Gasteiger partial charge on any atom is -0.454 e. The van der Waals surface area contributed by atoms with Crippen molar-refractivity contribution in [1.82, 2.24) is 4.68 Å². The van der Waals surface area contributed by atoms with E-state index in [1.54, 1.807) is 46.6 Å². The highest BCUT2D eigenvalue weighted by Gasteiger charge is 2.14. The van der Waals surface area contributed by atoms with E-state index < -0.39 is 0 Å². The van der Waals surface area contributed by atoms with Crippen molar-refractivity contribution >= 4 is 23.2 Å². The number of nitrogens with zero attached hydrogens (tertiary/aromatic N) is 3. The van der Waals surface area contributed by atoms with Gasteiger partial charge in [0.05, 0.1) is 17.6 Å². The average molecular weight is 435 g/mol. The van der Waals surface area contributed by atoms with Crippen LogP contribution in [0.2, 0.25) is 0 Å². The second-order valence-corrected chi connectivity index (χ2v) is 7.48. The van der Waals surface area contributed by atoms with Crippen molar-refractivity contribution in [3.63, 3.8) is 0 Å². The number of fused-ring (bicyclic) bond motifs is 1. The smallest absolute Gasteiger partial charge is 0.231 e. The van der Waals surface area contributed by atoms with Gasteiger partial charge in [0.1, 0.15) is 11.6 Å². The van der Waals surface area contributed by atoms with Gasteiger partial charge in [-0.1, -0.05) is 12.1 Å². The molecule has 0 atom stereocenters. The Morgan fingerprint density at radius 2 is 1.74 bits per heavy atom. The molecule has 1 aliphatic rings. The van der Waals surface area contributed by atoms with Gasteiger partial charge < -0.3 is 9.47 Å². The third-order valence-electron chi connectivity index (χ3n) is 4.61. The molecule has 3 aromatic carbocycles. The summed E-state index contributed by atoms with van der Waals surface area (Å²) >= 11 is 1.31. The fraction of sp³-hybridized carbons (Fsp3) is 0.0435. The molecule has 0 spiro atoms. The molecular formula is C23H15F2N3O2S. The summed E-state index contributed by atoms with van der Waals surface area (Å²) in [5.74, 6) is 0.621. The summed E-state index contributed by atoms with van der Waals surface area (Å²) in [7, 11) is 0. The summed E-state index contributed by atoms with van der Waals surface area (Å²) in [6.45, 7) is 0.188. The van der Waals surface area contributed by atoms with Crippen LogP contribution in [0, 0.1) is 11.6 Å². The molecule has 1 aromatic heterocycles. The van der Waals surface area contributed by atoms with Crippen LogP contribution in [-0.4, -0.2) is 17.7 Å². The van der Waals surface area contributed by atoms with E-state index in [4.69, 9.17) is 9.47 Å². The molecule has 0 aliphatic carbocycles. The largest absolute Gasteiger partial charge is 0.454 e. The molecule has 1 aliphatic heterocycles. The highest BCUT2D eigenvalue weighted by molar-refractivity contribution is 7.07. The van der Waals surface area contributed by atoms with E-state index in [-0.39, 0.29) is 18.4 Å². The average Bonchev–Trinajstić information content (AvgIpc) is 3.41. The Morgan fingerprint density at radius 3 is 2.58 bits per heavy atom. The van der Waals surface area contributed by atoms with E-state index in [1.165, 1.54) is 29.5 Å². The van der Waals surface area contributed by atoms with Crippen molar-refractivity contribution in [2.75, 3.05) is 6.79 Å². The molecule has 0 amide bonds. The van der Waals surface area contributed by atoms with E-state index in [9.17, 15) is 8.78 Å². The Bertz CT molecular complexity index is 1340. The molecular weight excluding hydrogens is 420 g/mol. The molecule has 0 saturated carbocycles. The van der Waals surface area contributed by atoms with Crippen molar-refractivity contribution in [3.8, 4) is 22.8 Å². The minimum atomic E-state index is -0.360. The topological polar surface area (TPSA) is 48.1 Å². The molecule has 2 heterocycles. The van der Waals surface area contributed by atoms with Crippen LogP contribution in [0.25, 0.3) is 11.3 Å². The summed E-state index contributed by atoms with van der Waals surface area (Å²) < 4.78 is 40.0. The molecule has 8 heteroatoms. The molecule has 0 radical (unpaired) electrons. The maximum Gasteiger partial charge on any atom is 0.231 e.